The molecule has 0 radical (unpaired) electrons. The highest BCUT2D eigenvalue weighted by molar-refractivity contribution is 6.12. The highest BCUT2D eigenvalue weighted by Crippen LogP contribution is 2.26. The summed E-state index contributed by atoms with van der Waals surface area (Å²) in [5.41, 5.74) is 4.79. The molecule has 0 unspecified atom stereocenters. The molecule has 1 aliphatic heterocycles. The number of unbranched alkanes of at least 4 members (excludes halogenated alkanes) is 1. The van der Waals surface area contributed by atoms with Gasteiger partial charge in [0.2, 0.25) is 29.5 Å². The van der Waals surface area contributed by atoms with Gasteiger partial charge >= 0.3 is 18.1 Å². The van der Waals surface area contributed by atoms with E-state index in [4.69, 9.17) is 57.8 Å². The molecule has 1 aromatic carbocycles. The molecule has 2 rings (SSSR count). The Morgan fingerprint density at radius 3 is 1.57 bits per heavy atom. The molecule has 0 saturated carbocycles. The van der Waals surface area contributed by atoms with Crippen molar-refractivity contribution < 1.29 is 110 Å². The number of primary amides is 1. The molecule has 0 aromatic heterocycles. The second-order valence-corrected chi connectivity index (χ2v) is 23.3. The lowest BCUT2D eigenvalue weighted by atomic mass is 9.96. The SMILES string of the molecule is COCCOCCOCCOCCOCCOCCOCCOCCOCCOCC(=O)NCCCC[C@H](NC(=O)CCCN1C(=O)C=CC1=O)C(=O)N[C@H](C(=O)N[C@@H](CCCNC(N)=O)C(=O)Nc1cc(C[C@@H](C[C@H](C)C(=O)O)NC(=O)OC(C)(C)C)ccc1O)C(C)C. The maximum absolute atomic E-state index is 14.2. The quantitative estimate of drug-likeness (QED) is 0.0249. The summed E-state index contributed by atoms with van der Waals surface area (Å²) in [4.78, 5) is 130. The van der Waals surface area contributed by atoms with Crippen LogP contribution < -0.4 is 43.0 Å². The van der Waals surface area contributed by atoms with Crippen molar-refractivity contribution in [1.82, 2.24) is 36.8 Å². The Morgan fingerprint density at radius 2 is 1.07 bits per heavy atom. The molecule has 1 aliphatic rings. The number of phenolic OH excluding ortho intramolecular Hbond substituents is 1. The van der Waals surface area contributed by atoms with Crippen LogP contribution in [-0.2, 0) is 96.9 Å². The van der Waals surface area contributed by atoms with Gasteiger partial charge in [0, 0.05) is 51.4 Å². The Balaban J connectivity index is 1.90. The van der Waals surface area contributed by atoms with Crippen molar-refractivity contribution in [2.75, 3.05) is 158 Å². The number of carboxylic acids is 1. The Hall–Kier alpha value is -7.14. The molecule has 0 spiro atoms. The molecule has 10 amide bonds. The van der Waals surface area contributed by atoms with Crippen LogP contribution in [0.25, 0.3) is 0 Å². The van der Waals surface area contributed by atoms with Crippen LogP contribution >= 0.6 is 0 Å². The van der Waals surface area contributed by atoms with Crippen molar-refractivity contribution in [3.63, 3.8) is 0 Å². The number of hydrogen-bond donors (Lipinski definition) is 10. The normalized spacial score (nSPS) is 13.8. The van der Waals surface area contributed by atoms with Gasteiger partial charge in [0.15, 0.2) is 0 Å². The molecule has 540 valence electrons. The third kappa shape index (κ3) is 41.4. The number of rotatable bonds is 56. The Kier molecular flexibility index (Phi) is 44.4. The number of carbonyl (C=O) groups is 10. The lowest BCUT2D eigenvalue weighted by molar-refractivity contribution is -0.141. The van der Waals surface area contributed by atoms with Gasteiger partial charge in [0.1, 0.15) is 36.1 Å². The lowest BCUT2D eigenvalue weighted by Crippen LogP contribution is -2.57. The van der Waals surface area contributed by atoms with E-state index in [2.05, 4.69) is 37.2 Å². The standard InChI is InChI=1S/C63H105N9O23/c1-44(2)56(59(80)69-49(13-10-20-66-61(64)83)57(78)70-50-42-46(15-16-51(50)73)41-47(40-45(3)60(81)82)67-62(84)95-63(4,5)6)71-58(79)48(68-52(74)14-11-21-72-54(76)17-18-55(72)77)12-8-9-19-65-53(75)43-94-39-38-93-37-36-92-35-34-91-33-32-90-31-30-89-29-28-88-27-26-87-25-24-86-23-22-85-7/h15-18,42,44-45,47-49,56,73H,8-14,19-41,43H2,1-7H3,(H,65,75)(H,67,84)(H,68,74)(H,69,80)(H,70,78)(H,71,79)(H,81,82)(H3,64,66,83)/t45-,47+,48-,49-,56-/m0/s1. The molecule has 0 bridgehead atoms. The molecule has 32 heteroatoms. The number of imide groups is 1. The molecule has 32 nitrogen and oxygen atoms in total. The number of hydrogen-bond acceptors (Lipinski definition) is 22. The Bertz CT molecular complexity index is 2470. The monoisotopic (exact) mass is 1360 g/mol. The highest BCUT2D eigenvalue weighted by Gasteiger charge is 2.33. The van der Waals surface area contributed by atoms with Crippen LogP contribution in [0, 0.1) is 11.8 Å². The molecule has 1 aromatic rings. The van der Waals surface area contributed by atoms with Crippen molar-refractivity contribution >= 4 is 65.1 Å². The third-order valence-corrected chi connectivity index (χ3v) is 13.7. The molecule has 5 atom stereocenters. The Morgan fingerprint density at radius 1 is 0.579 bits per heavy atom. The van der Waals surface area contributed by atoms with Crippen LogP contribution in [0.5, 0.6) is 5.75 Å². The van der Waals surface area contributed by atoms with Gasteiger partial charge in [-0.2, -0.15) is 0 Å². The number of aliphatic carboxylic acids is 1. The fraction of sp³-hybridized carbons (Fsp3) is 0.714. The van der Waals surface area contributed by atoms with E-state index in [0.717, 1.165) is 17.1 Å². The number of carboxylic acid groups (broad SMARTS) is 1. The van der Waals surface area contributed by atoms with Gasteiger partial charge in [-0.3, -0.25) is 43.3 Å². The number of ether oxygens (including phenoxy) is 11. The van der Waals surface area contributed by atoms with Crippen LogP contribution in [0.1, 0.15) is 98.5 Å². The van der Waals surface area contributed by atoms with Gasteiger partial charge in [-0.05, 0) is 95.8 Å². The van der Waals surface area contributed by atoms with E-state index in [9.17, 15) is 58.2 Å². The van der Waals surface area contributed by atoms with Crippen molar-refractivity contribution in [1.29, 1.82) is 0 Å². The van der Waals surface area contributed by atoms with Crippen molar-refractivity contribution in [3.8, 4) is 5.75 Å². The smallest absolute Gasteiger partial charge is 0.407 e. The number of methoxy groups -OCH3 is 1. The summed E-state index contributed by atoms with van der Waals surface area (Å²) in [7, 11) is 1.62. The summed E-state index contributed by atoms with van der Waals surface area (Å²) in [6.45, 7) is 17.1. The molecule has 0 aliphatic carbocycles. The number of phenols is 1. The summed E-state index contributed by atoms with van der Waals surface area (Å²) >= 11 is 0. The van der Waals surface area contributed by atoms with Gasteiger partial charge in [-0.25, -0.2) is 9.59 Å². The number of anilines is 1. The number of amides is 10. The first-order valence-corrected chi connectivity index (χ1v) is 32.2. The molecular weight excluding hydrogens is 1250 g/mol. The zero-order valence-corrected chi connectivity index (χ0v) is 56.3. The van der Waals surface area contributed by atoms with Crippen molar-refractivity contribution in [2.24, 2.45) is 17.6 Å². The number of aromatic hydroxyl groups is 1. The van der Waals surface area contributed by atoms with Gasteiger partial charge in [-0.15, -0.1) is 0 Å². The summed E-state index contributed by atoms with van der Waals surface area (Å²) in [6.07, 6.45) is 2.18. The second kappa shape index (κ2) is 50.3. The molecule has 0 fully saturated rings. The first-order chi connectivity index (χ1) is 45.4. The van der Waals surface area contributed by atoms with Gasteiger partial charge in [-0.1, -0.05) is 26.8 Å². The maximum Gasteiger partial charge on any atom is 0.407 e. The number of nitrogens with zero attached hydrogens (tertiary/aromatic N) is 1. The molecule has 11 N–H and O–H groups in total. The van der Waals surface area contributed by atoms with Crippen molar-refractivity contribution in [2.45, 2.75) is 129 Å². The van der Waals surface area contributed by atoms with Gasteiger partial charge in [0.05, 0.1) is 131 Å². The number of urea groups is 1. The van der Waals surface area contributed by atoms with Crippen LogP contribution in [-0.4, -0.2) is 257 Å². The zero-order valence-electron chi connectivity index (χ0n) is 56.3. The fourth-order valence-electron chi connectivity index (χ4n) is 8.75. The number of alkyl carbamates (subject to hydrolysis) is 1. The average Bonchev–Trinajstić information content (AvgIpc) is 1.50. The van der Waals surface area contributed by atoms with E-state index in [-0.39, 0.29) is 95.8 Å². The molecule has 95 heavy (non-hydrogen) atoms. The summed E-state index contributed by atoms with van der Waals surface area (Å²) < 4.78 is 59.4. The van der Waals surface area contributed by atoms with E-state index in [0.29, 0.717) is 124 Å². The predicted octanol–water partition coefficient (Wildman–Crippen LogP) is 1.22. The zero-order chi connectivity index (χ0) is 70.2. The average molecular weight is 1360 g/mol. The van der Waals surface area contributed by atoms with Crippen LogP contribution in [0.2, 0.25) is 0 Å². The van der Waals surface area contributed by atoms with E-state index in [1.807, 2.05) is 0 Å². The van der Waals surface area contributed by atoms with Crippen LogP contribution in [0.15, 0.2) is 30.4 Å². The van der Waals surface area contributed by atoms with Gasteiger partial charge < -0.3 is 105 Å². The molecular formula is C63H105N9O23. The minimum absolute atomic E-state index is 0.00382. The second-order valence-electron chi connectivity index (χ2n) is 23.3. The molecule has 1 heterocycles. The van der Waals surface area contributed by atoms with Crippen LogP contribution in [0.3, 0.4) is 0 Å². The number of nitrogens with two attached hydrogens (primary N) is 1. The summed E-state index contributed by atoms with van der Waals surface area (Å²) in [6, 6.07) is -1.20. The fourth-order valence-corrected chi connectivity index (χ4v) is 8.75. The van der Waals surface area contributed by atoms with E-state index in [1.165, 1.54) is 25.1 Å². The maximum atomic E-state index is 14.2. The Labute approximate surface area is 556 Å². The number of benzene rings is 1. The van der Waals surface area contributed by atoms with E-state index in [1.54, 1.807) is 41.7 Å². The largest absolute Gasteiger partial charge is 0.506 e. The number of carbonyl (C=O) groups excluding carboxylic acids is 9. The van der Waals surface area contributed by atoms with E-state index >= 15 is 0 Å². The van der Waals surface area contributed by atoms with Crippen LogP contribution in [0.4, 0.5) is 15.3 Å². The molecule has 0 saturated heterocycles. The predicted molar refractivity (Wildman–Crippen MR) is 344 cm³/mol. The summed E-state index contributed by atoms with van der Waals surface area (Å²) in [5, 5.41) is 39.1. The van der Waals surface area contributed by atoms with Crippen molar-refractivity contribution in [3.05, 3.63) is 35.9 Å². The van der Waals surface area contributed by atoms with E-state index < -0.39 is 101 Å². The lowest BCUT2D eigenvalue weighted by Gasteiger charge is -2.27. The minimum Gasteiger partial charge on any atom is -0.506 e. The minimum atomic E-state index is -1.34. The van der Waals surface area contributed by atoms with Gasteiger partial charge in [0.25, 0.3) is 11.8 Å². The first kappa shape index (κ1) is 83.9. The third-order valence-electron chi connectivity index (χ3n) is 13.7. The summed E-state index contributed by atoms with van der Waals surface area (Å²) in [5.74, 6) is -7.31. The number of nitrogens with one attached hydrogen (secondary N) is 7. The topological polar surface area (TPSA) is 426 Å². The first-order valence-electron chi connectivity index (χ1n) is 32.2. The highest BCUT2D eigenvalue weighted by atomic mass is 16.6.